The number of aryl methyl sites for hydroxylation is 2. The van der Waals surface area contributed by atoms with Crippen molar-refractivity contribution in [2.45, 2.75) is 39.7 Å². The molecule has 0 aliphatic heterocycles. The predicted octanol–water partition coefficient (Wildman–Crippen LogP) is 2.54. The molecular weight excluding hydrogens is 340 g/mol. The van der Waals surface area contributed by atoms with Gasteiger partial charge in [-0.15, -0.1) is 0 Å². The van der Waals surface area contributed by atoms with Crippen LogP contribution in [0, 0.1) is 6.92 Å². The Balaban J connectivity index is 2.38. The van der Waals surface area contributed by atoms with Gasteiger partial charge in [-0.2, -0.15) is 0 Å². The van der Waals surface area contributed by atoms with Gasteiger partial charge in [0.25, 0.3) is 0 Å². The van der Waals surface area contributed by atoms with Gasteiger partial charge in [-0.3, -0.25) is 4.79 Å². The van der Waals surface area contributed by atoms with Crippen LogP contribution in [0.4, 0.5) is 0 Å². The van der Waals surface area contributed by atoms with Crippen molar-refractivity contribution in [3.05, 3.63) is 39.7 Å². The summed E-state index contributed by atoms with van der Waals surface area (Å²) >= 11 is 0. The number of fused-ring (bicyclic) bond motifs is 1. The van der Waals surface area contributed by atoms with Gasteiger partial charge in [0.2, 0.25) is 0 Å². The second kappa shape index (κ2) is 8.62. The fourth-order valence-corrected chi connectivity index (χ4v) is 2.51. The second-order valence-electron chi connectivity index (χ2n) is 6.15. The highest BCUT2D eigenvalue weighted by Crippen LogP contribution is 2.28. The number of ether oxygens (including phenoxy) is 3. The van der Waals surface area contributed by atoms with Crippen LogP contribution >= 0.6 is 0 Å². The standard InChI is InChI=1S/C19H22O7/c1-11(2)24-17(20)6-5-13-8-14-12(3)7-18(21)26-16(14)9-15(13)25-19(22)10-23-4/h7-9,11H,5-6,10H2,1-4H3. The van der Waals surface area contributed by atoms with Gasteiger partial charge in [0.05, 0.1) is 6.10 Å². The minimum atomic E-state index is -0.590. The molecule has 0 fully saturated rings. The number of hydrogen-bond donors (Lipinski definition) is 0. The minimum absolute atomic E-state index is 0.133. The van der Waals surface area contributed by atoms with E-state index in [1.807, 2.05) is 0 Å². The Morgan fingerprint density at radius 1 is 1.15 bits per heavy atom. The molecule has 0 amide bonds. The number of carbonyl (C=O) groups excluding carboxylic acids is 2. The molecule has 0 saturated heterocycles. The molecule has 0 radical (unpaired) electrons. The second-order valence-corrected chi connectivity index (χ2v) is 6.15. The van der Waals surface area contributed by atoms with E-state index in [1.165, 1.54) is 19.2 Å². The van der Waals surface area contributed by atoms with Crippen molar-refractivity contribution in [2.75, 3.05) is 13.7 Å². The van der Waals surface area contributed by atoms with Crippen molar-refractivity contribution in [3.8, 4) is 5.75 Å². The van der Waals surface area contributed by atoms with Gasteiger partial charge in [-0.05, 0) is 44.4 Å². The van der Waals surface area contributed by atoms with E-state index < -0.39 is 11.6 Å². The number of methoxy groups -OCH3 is 1. The lowest BCUT2D eigenvalue weighted by atomic mass is 10.0. The molecule has 0 atom stereocenters. The van der Waals surface area contributed by atoms with Crippen LogP contribution in [0.25, 0.3) is 11.0 Å². The summed E-state index contributed by atoms with van der Waals surface area (Å²) in [6.45, 7) is 5.12. The van der Waals surface area contributed by atoms with Crippen LogP contribution in [0.2, 0.25) is 0 Å². The summed E-state index contributed by atoms with van der Waals surface area (Å²) < 4.78 is 20.4. The average Bonchev–Trinajstić information content (AvgIpc) is 2.52. The monoisotopic (exact) mass is 362 g/mol. The molecule has 1 aromatic heterocycles. The zero-order valence-corrected chi connectivity index (χ0v) is 15.3. The molecular formula is C19H22O7. The van der Waals surface area contributed by atoms with E-state index in [0.717, 1.165) is 5.56 Å². The summed E-state index contributed by atoms with van der Waals surface area (Å²) in [4.78, 5) is 35.2. The van der Waals surface area contributed by atoms with Crippen LogP contribution in [0.1, 0.15) is 31.4 Å². The van der Waals surface area contributed by atoms with Gasteiger partial charge in [-0.1, -0.05) is 0 Å². The van der Waals surface area contributed by atoms with Gasteiger partial charge < -0.3 is 18.6 Å². The molecule has 0 bridgehead atoms. The molecule has 0 aliphatic carbocycles. The van der Waals surface area contributed by atoms with E-state index >= 15 is 0 Å². The van der Waals surface area contributed by atoms with Crippen LogP contribution in [0.3, 0.4) is 0 Å². The lowest BCUT2D eigenvalue weighted by molar-refractivity contribution is -0.147. The molecule has 0 unspecified atom stereocenters. The quantitative estimate of drug-likeness (QED) is 0.424. The molecule has 2 aromatic rings. The minimum Gasteiger partial charge on any atom is -0.463 e. The summed E-state index contributed by atoms with van der Waals surface area (Å²) in [6, 6.07) is 4.63. The van der Waals surface area contributed by atoms with E-state index in [4.69, 9.17) is 18.6 Å². The van der Waals surface area contributed by atoms with Crippen molar-refractivity contribution in [2.24, 2.45) is 0 Å². The number of carbonyl (C=O) groups is 2. The van der Waals surface area contributed by atoms with Gasteiger partial charge in [0, 0.05) is 31.0 Å². The normalized spacial score (nSPS) is 11.0. The third kappa shape index (κ3) is 5.16. The Labute approximate surface area is 150 Å². The van der Waals surface area contributed by atoms with E-state index in [-0.39, 0.29) is 30.9 Å². The first-order chi connectivity index (χ1) is 12.3. The zero-order valence-electron chi connectivity index (χ0n) is 15.3. The maximum atomic E-state index is 11.8. The molecule has 140 valence electrons. The van der Waals surface area contributed by atoms with Crippen molar-refractivity contribution in [1.29, 1.82) is 0 Å². The summed E-state index contributed by atoms with van der Waals surface area (Å²) in [5.74, 6) is -0.705. The fraction of sp³-hybridized carbons (Fsp3) is 0.421. The van der Waals surface area contributed by atoms with Gasteiger partial charge in [0.15, 0.2) is 0 Å². The lowest BCUT2D eigenvalue weighted by Crippen LogP contribution is -2.16. The topological polar surface area (TPSA) is 92.0 Å². The largest absolute Gasteiger partial charge is 0.463 e. The SMILES string of the molecule is COCC(=O)Oc1cc2oc(=O)cc(C)c2cc1CCC(=O)OC(C)C. The van der Waals surface area contributed by atoms with E-state index in [2.05, 4.69) is 0 Å². The van der Waals surface area contributed by atoms with E-state index in [9.17, 15) is 14.4 Å². The van der Waals surface area contributed by atoms with E-state index in [0.29, 0.717) is 23.0 Å². The van der Waals surface area contributed by atoms with Crippen molar-refractivity contribution in [3.63, 3.8) is 0 Å². The molecule has 7 heteroatoms. The zero-order chi connectivity index (χ0) is 19.3. The van der Waals surface area contributed by atoms with Gasteiger partial charge in [-0.25, -0.2) is 9.59 Å². The molecule has 0 aliphatic rings. The number of hydrogen-bond acceptors (Lipinski definition) is 7. The Bertz CT molecular complexity index is 864. The Hall–Kier alpha value is -2.67. The highest BCUT2D eigenvalue weighted by molar-refractivity contribution is 5.84. The van der Waals surface area contributed by atoms with Crippen LogP contribution in [-0.4, -0.2) is 31.8 Å². The maximum Gasteiger partial charge on any atom is 0.337 e. The smallest absolute Gasteiger partial charge is 0.337 e. The Kier molecular flexibility index (Phi) is 6.52. The number of esters is 2. The Morgan fingerprint density at radius 3 is 2.54 bits per heavy atom. The molecule has 2 rings (SSSR count). The van der Waals surface area contributed by atoms with Crippen LogP contribution in [0.5, 0.6) is 5.75 Å². The molecule has 1 heterocycles. The third-order valence-corrected chi connectivity index (χ3v) is 3.58. The predicted molar refractivity (Wildman–Crippen MR) is 94.3 cm³/mol. The summed E-state index contributed by atoms with van der Waals surface area (Å²) in [7, 11) is 1.38. The molecule has 1 aromatic carbocycles. The first-order valence-electron chi connectivity index (χ1n) is 8.26. The van der Waals surface area contributed by atoms with Crippen molar-refractivity contribution >= 4 is 22.9 Å². The maximum absolute atomic E-state index is 11.8. The molecule has 26 heavy (non-hydrogen) atoms. The van der Waals surface area contributed by atoms with Crippen LogP contribution < -0.4 is 10.4 Å². The average molecular weight is 362 g/mol. The number of benzene rings is 1. The first-order valence-corrected chi connectivity index (χ1v) is 8.26. The van der Waals surface area contributed by atoms with Crippen molar-refractivity contribution < 1.29 is 28.2 Å². The van der Waals surface area contributed by atoms with Crippen molar-refractivity contribution in [1.82, 2.24) is 0 Å². The highest BCUT2D eigenvalue weighted by atomic mass is 16.6. The summed E-state index contributed by atoms with van der Waals surface area (Å²) in [5, 5.41) is 0.711. The third-order valence-electron chi connectivity index (χ3n) is 3.58. The summed E-state index contributed by atoms with van der Waals surface area (Å²) in [5.41, 5.74) is 1.19. The van der Waals surface area contributed by atoms with Crippen LogP contribution in [0.15, 0.2) is 27.4 Å². The van der Waals surface area contributed by atoms with Crippen LogP contribution in [-0.2, 0) is 25.5 Å². The summed E-state index contributed by atoms with van der Waals surface area (Å²) in [6.07, 6.45) is 0.249. The lowest BCUT2D eigenvalue weighted by Gasteiger charge is -2.13. The van der Waals surface area contributed by atoms with Gasteiger partial charge >= 0.3 is 17.6 Å². The number of rotatable bonds is 7. The Morgan fingerprint density at radius 2 is 1.88 bits per heavy atom. The van der Waals surface area contributed by atoms with E-state index in [1.54, 1.807) is 26.8 Å². The molecule has 0 spiro atoms. The highest BCUT2D eigenvalue weighted by Gasteiger charge is 2.15. The van der Waals surface area contributed by atoms with Gasteiger partial charge in [0.1, 0.15) is 17.9 Å². The molecule has 7 nitrogen and oxygen atoms in total. The fourth-order valence-electron chi connectivity index (χ4n) is 2.51. The first kappa shape index (κ1) is 19.7. The molecule has 0 N–H and O–H groups in total. The molecule has 0 saturated carbocycles.